The van der Waals surface area contributed by atoms with Crippen molar-refractivity contribution in [1.29, 1.82) is 0 Å². The number of nitrogens with zero attached hydrogens (tertiary/aromatic N) is 3. The molecule has 3 heterocycles. The molecule has 1 aromatic carbocycles. The van der Waals surface area contributed by atoms with E-state index in [1.807, 2.05) is 23.1 Å². The zero-order valence-corrected chi connectivity index (χ0v) is 12.6. The fraction of sp³-hybridized carbons (Fsp3) is 0.267. The summed E-state index contributed by atoms with van der Waals surface area (Å²) in [5.41, 5.74) is 1.58. The van der Waals surface area contributed by atoms with Crippen molar-refractivity contribution in [2.24, 2.45) is 0 Å². The summed E-state index contributed by atoms with van der Waals surface area (Å²) in [7, 11) is 0. The standard InChI is InChI=1S/C15H14N4O2S/c20-15(19-5-7-21-8-6-19)10-1-2-12-11(9-10)18-13-14(22-12)17-4-3-16-13/h1-4,9H,5-8H2,(H,16,18). The number of nitrogens with one attached hydrogen (secondary N) is 1. The summed E-state index contributed by atoms with van der Waals surface area (Å²) < 4.78 is 5.29. The highest BCUT2D eigenvalue weighted by Gasteiger charge is 2.22. The minimum atomic E-state index is 0.0443. The van der Waals surface area contributed by atoms with Gasteiger partial charge in [-0.3, -0.25) is 4.79 Å². The van der Waals surface area contributed by atoms with Gasteiger partial charge in [-0.15, -0.1) is 0 Å². The first-order chi connectivity index (χ1) is 10.8. The second kappa shape index (κ2) is 5.58. The number of carbonyl (C=O) groups excluding carboxylic acids is 1. The van der Waals surface area contributed by atoms with Crippen molar-refractivity contribution < 1.29 is 9.53 Å². The third kappa shape index (κ3) is 2.42. The molecule has 22 heavy (non-hydrogen) atoms. The molecule has 1 N–H and O–H groups in total. The molecule has 1 fully saturated rings. The van der Waals surface area contributed by atoms with Crippen molar-refractivity contribution in [3.63, 3.8) is 0 Å². The van der Waals surface area contributed by atoms with Gasteiger partial charge in [0.2, 0.25) is 0 Å². The molecule has 0 atom stereocenters. The third-order valence-corrected chi connectivity index (χ3v) is 4.72. The molecule has 0 saturated carbocycles. The number of fused-ring (bicyclic) bond motifs is 2. The third-order valence-electron chi connectivity index (χ3n) is 3.65. The minimum Gasteiger partial charge on any atom is -0.378 e. The molecule has 2 aromatic rings. The molecule has 2 aliphatic rings. The average Bonchev–Trinajstić information content (AvgIpc) is 2.59. The largest absolute Gasteiger partial charge is 0.378 e. The van der Waals surface area contributed by atoms with Crippen LogP contribution in [-0.4, -0.2) is 47.1 Å². The van der Waals surface area contributed by atoms with Gasteiger partial charge in [-0.1, -0.05) is 11.8 Å². The zero-order valence-electron chi connectivity index (χ0n) is 11.8. The first-order valence-electron chi connectivity index (χ1n) is 7.08. The Hall–Kier alpha value is -2.12. The highest BCUT2D eigenvalue weighted by atomic mass is 32.2. The topological polar surface area (TPSA) is 67.4 Å². The minimum absolute atomic E-state index is 0.0443. The van der Waals surface area contributed by atoms with Crippen molar-refractivity contribution in [2.45, 2.75) is 9.92 Å². The van der Waals surface area contributed by atoms with Crippen molar-refractivity contribution in [1.82, 2.24) is 14.9 Å². The van der Waals surface area contributed by atoms with Gasteiger partial charge in [0, 0.05) is 35.9 Å². The molecule has 1 saturated heterocycles. The second-order valence-electron chi connectivity index (χ2n) is 5.05. The van der Waals surface area contributed by atoms with E-state index in [4.69, 9.17) is 4.74 Å². The number of morpholine rings is 1. The molecule has 1 amide bonds. The molecule has 0 spiro atoms. The predicted octanol–water partition coefficient (Wildman–Crippen LogP) is 2.16. The quantitative estimate of drug-likeness (QED) is 0.742. The summed E-state index contributed by atoms with van der Waals surface area (Å²) in [4.78, 5) is 24.0. The monoisotopic (exact) mass is 314 g/mol. The Kier molecular flexibility index (Phi) is 3.44. The number of aromatic nitrogens is 2. The van der Waals surface area contributed by atoms with Crippen molar-refractivity contribution in [3.05, 3.63) is 36.2 Å². The first kappa shape index (κ1) is 13.5. The van der Waals surface area contributed by atoms with Crippen LogP contribution < -0.4 is 5.32 Å². The Morgan fingerprint density at radius 1 is 1.23 bits per heavy atom. The highest BCUT2D eigenvalue weighted by molar-refractivity contribution is 7.99. The van der Waals surface area contributed by atoms with Gasteiger partial charge in [0.25, 0.3) is 5.91 Å². The van der Waals surface area contributed by atoms with Gasteiger partial charge in [-0.2, -0.15) is 0 Å². The fourth-order valence-corrected chi connectivity index (χ4v) is 3.39. The SMILES string of the molecule is O=C(c1ccc2c(c1)Nc1nccnc1S2)N1CCOCC1. The maximum Gasteiger partial charge on any atom is 0.254 e. The number of anilines is 2. The van der Waals surface area contributed by atoms with E-state index in [2.05, 4.69) is 15.3 Å². The van der Waals surface area contributed by atoms with Gasteiger partial charge in [0.15, 0.2) is 5.82 Å². The van der Waals surface area contributed by atoms with Crippen LogP contribution in [0, 0.1) is 0 Å². The first-order valence-corrected chi connectivity index (χ1v) is 7.90. The van der Waals surface area contributed by atoms with E-state index in [0.717, 1.165) is 21.4 Å². The molecule has 0 radical (unpaired) electrons. The normalized spacial score (nSPS) is 16.5. The van der Waals surface area contributed by atoms with E-state index in [1.165, 1.54) is 0 Å². The van der Waals surface area contributed by atoms with Gasteiger partial charge >= 0.3 is 0 Å². The predicted molar refractivity (Wildman–Crippen MR) is 82.6 cm³/mol. The molecular formula is C15H14N4O2S. The number of ether oxygens (including phenoxy) is 1. The number of hydrogen-bond donors (Lipinski definition) is 1. The lowest BCUT2D eigenvalue weighted by molar-refractivity contribution is 0.0303. The number of amides is 1. The smallest absolute Gasteiger partial charge is 0.254 e. The van der Waals surface area contributed by atoms with Crippen molar-refractivity contribution in [2.75, 3.05) is 31.6 Å². The molecule has 1 aromatic heterocycles. The van der Waals surface area contributed by atoms with E-state index >= 15 is 0 Å². The van der Waals surface area contributed by atoms with Gasteiger partial charge in [-0.25, -0.2) is 9.97 Å². The lowest BCUT2D eigenvalue weighted by Crippen LogP contribution is -2.40. The lowest BCUT2D eigenvalue weighted by atomic mass is 10.1. The van der Waals surface area contributed by atoms with E-state index in [0.29, 0.717) is 31.9 Å². The van der Waals surface area contributed by atoms with Crippen molar-refractivity contribution in [3.8, 4) is 0 Å². The number of carbonyl (C=O) groups is 1. The van der Waals surface area contributed by atoms with Crippen LogP contribution in [0.4, 0.5) is 11.5 Å². The summed E-state index contributed by atoms with van der Waals surface area (Å²) in [5.74, 6) is 0.777. The van der Waals surface area contributed by atoms with E-state index in [-0.39, 0.29) is 5.91 Å². The maximum atomic E-state index is 12.5. The molecule has 0 bridgehead atoms. The maximum absolute atomic E-state index is 12.5. The average molecular weight is 314 g/mol. The molecule has 6 nitrogen and oxygen atoms in total. The highest BCUT2D eigenvalue weighted by Crippen LogP contribution is 2.42. The van der Waals surface area contributed by atoms with Crippen LogP contribution in [0.25, 0.3) is 0 Å². The fourth-order valence-electron chi connectivity index (χ4n) is 2.52. The number of hydrogen-bond acceptors (Lipinski definition) is 6. The lowest BCUT2D eigenvalue weighted by Gasteiger charge is -2.27. The summed E-state index contributed by atoms with van der Waals surface area (Å²) in [6.07, 6.45) is 3.33. The summed E-state index contributed by atoms with van der Waals surface area (Å²) in [6.45, 7) is 2.50. The molecule has 0 aliphatic carbocycles. The van der Waals surface area contributed by atoms with Crippen LogP contribution in [-0.2, 0) is 4.74 Å². The Morgan fingerprint density at radius 3 is 2.91 bits per heavy atom. The van der Waals surface area contributed by atoms with Crippen LogP contribution in [0.5, 0.6) is 0 Å². The Morgan fingerprint density at radius 2 is 2.05 bits per heavy atom. The molecule has 4 rings (SSSR count). The summed E-state index contributed by atoms with van der Waals surface area (Å²) in [6, 6.07) is 5.71. The van der Waals surface area contributed by atoms with Gasteiger partial charge in [0.1, 0.15) is 5.03 Å². The van der Waals surface area contributed by atoms with Gasteiger partial charge in [-0.05, 0) is 18.2 Å². The summed E-state index contributed by atoms with van der Waals surface area (Å²) in [5, 5.41) is 4.10. The summed E-state index contributed by atoms with van der Waals surface area (Å²) >= 11 is 1.56. The van der Waals surface area contributed by atoms with Crippen LogP contribution in [0.1, 0.15) is 10.4 Å². The van der Waals surface area contributed by atoms with E-state index < -0.39 is 0 Å². The van der Waals surface area contributed by atoms with E-state index in [1.54, 1.807) is 24.2 Å². The molecule has 112 valence electrons. The molecule has 0 unspecified atom stereocenters. The molecule has 2 aliphatic heterocycles. The van der Waals surface area contributed by atoms with Gasteiger partial charge in [0.05, 0.1) is 18.9 Å². The van der Waals surface area contributed by atoms with Crippen LogP contribution in [0.2, 0.25) is 0 Å². The molecule has 7 heteroatoms. The second-order valence-corrected chi connectivity index (χ2v) is 6.08. The van der Waals surface area contributed by atoms with Crippen LogP contribution >= 0.6 is 11.8 Å². The Balaban J connectivity index is 1.61. The van der Waals surface area contributed by atoms with Crippen LogP contribution in [0.3, 0.4) is 0 Å². The van der Waals surface area contributed by atoms with Gasteiger partial charge < -0.3 is 15.0 Å². The number of rotatable bonds is 1. The Labute approximate surface area is 131 Å². The van der Waals surface area contributed by atoms with E-state index in [9.17, 15) is 4.79 Å². The molecular weight excluding hydrogens is 300 g/mol. The zero-order chi connectivity index (χ0) is 14.9. The Bertz CT molecular complexity index is 731. The van der Waals surface area contributed by atoms with Crippen LogP contribution in [0.15, 0.2) is 40.5 Å². The van der Waals surface area contributed by atoms with Crippen molar-refractivity contribution >= 4 is 29.2 Å². The number of benzene rings is 1.